The van der Waals surface area contributed by atoms with Gasteiger partial charge in [-0.2, -0.15) is 0 Å². The van der Waals surface area contributed by atoms with Crippen LogP contribution in [0.4, 0.5) is 5.69 Å². The zero-order valence-corrected chi connectivity index (χ0v) is 8.24. The molecule has 0 amide bonds. The lowest BCUT2D eigenvalue weighted by Gasteiger charge is -2.16. The summed E-state index contributed by atoms with van der Waals surface area (Å²) < 4.78 is 0. The van der Waals surface area contributed by atoms with E-state index in [0.29, 0.717) is 17.8 Å². The first-order valence-corrected chi connectivity index (χ1v) is 5.33. The zero-order valence-electron chi connectivity index (χ0n) is 8.24. The molecule has 0 saturated heterocycles. The highest BCUT2D eigenvalue weighted by molar-refractivity contribution is 5.59. The zero-order chi connectivity index (χ0) is 9.71. The molecule has 2 aliphatic carbocycles. The number of benzene rings is 1. The number of fused-ring (bicyclic) bond motifs is 5. The van der Waals surface area contributed by atoms with E-state index >= 15 is 0 Å². The Morgan fingerprint density at radius 1 is 1.29 bits per heavy atom. The lowest BCUT2D eigenvalue weighted by atomic mass is 9.91. The molecule has 1 aromatic rings. The minimum Gasteiger partial charge on any atom is -0.398 e. The maximum absolute atomic E-state index is 6.04. The smallest absolute Gasteiger partial charge is 0.0352 e. The van der Waals surface area contributed by atoms with E-state index in [2.05, 4.69) is 24.8 Å². The molecule has 0 spiro atoms. The van der Waals surface area contributed by atoms with Gasteiger partial charge in [-0.1, -0.05) is 18.2 Å². The molecule has 1 heteroatoms. The van der Waals surface area contributed by atoms with Crippen LogP contribution in [-0.4, -0.2) is 0 Å². The predicted molar refractivity (Wildman–Crippen MR) is 59.3 cm³/mol. The largest absolute Gasteiger partial charge is 0.398 e. The van der Waals surface area contributed by atoms with Crippen molar-refractivity contribution in [2.45, 2.75) is 24.7 Å². The van der Waals surface area contributed by atoms with E-state index in [1.165, 1.54) is 24.0 Å². The summed E-state index contributed by atoms with van der Waals surface area (Å²) in [5.74, 6) is 2.01. The van der Waals surface area contributed by atoms with E-state index in [1.807, 2.05) is 6.07 Å². The quantitative estimate of drug-likeness (QED) is 0.528. The van der Waals surface area contributed by atoms with Crippen LogP contribution in [0.15, 0.2) is 30.9 Å². The van der Waals surface area contributed by atoms with Crippen LogP contribution >= 0.6 is 0 Å². The first-order chi connectivity index (χ1) is 6.83. The summed E-state index contributed by atoms with van der Waals surface area (Å²) in [4.78, 5) is 0. The molecule has 0 aliphatic heterocycles. The Kier molecular flexibility index (Phi) is 1.52. The molecular formula is C13H15N. The van der Waals surface area contributed by atoms with Crippen molar-refractivity contribution in [2.24, 2.45) is 5.92 Å². The molecule has 1 fully saturated rings. The highest BCUT2D eigenvalue weighted by Gasteiger charge is 2.44. The average molecular weight is 185 g/mol. The third kappa shape index (κ3) is 0.802. The topological polar surface area (TPSA) is 26.0 Å². The highest BCUT2D eigenvalue weighted by Crippen LogP contribution is 2.58. The number of rotatable bonds is 1. The van der Waals surface area contributed by atoms with E-state index < -0.39 is 0 Å². The van der Waals surface area contributed by atoms with Gasteiger partial charge in [-0.05, 0) is 47.8 Å². The van der Waals surface area contributed by atoms with Gasteiger partial charge in [-0.15, -0.1) is 6.58 Å². The van der Waals surface area contributed by atoms with Crippen LogP contribution in [-0.2, 0) is 0 Å². The molecule has 1 nitrogen and oxygen atoms in total. The Hall–Kier alpha value is -1.24. The Morgan fingerprint density at radius 3 is 2.79 bits per heavy atom. The van der Waals surface area contributed by atoms with Crippen molar-refractivity contribution < 1.29 is 0 Å². The molecule has 2 aliphatic rings. The van der Waals surface area contributed by atoms with Gasteiger partial charge in [0.1, 0.15) is 0 Å². The molecule has 2 N–H and O–H groups in total. The Bertz CT molecular complexity index is 394. The maximum atomic E-state index is 6.04. The number of nitrogens with two attached hydrogens (primary N) is 1. The molecule has 3 atom stereocenters. The number of nitrogen functional groups attached to an aromatic ring is 1. The second-order valence-electron chi connectivity index (χ2n) is 4.45. The molecule has 0 aromatic heterocycles. The second kappa shape index (κ2) is 2.63. The first-order valence-electron chi connectivity index (χ1n) is 5.33. The molecule has 1 aromatic carbocycles. The van der Waals surface area contributed by atoms with Crippen molar-refractivity contribution in [3.63, 3.8) is 0 Å². The van der Waals surface area contributed by atoms with Gasteiger partial charge in [0.2, 0.25) is 0 Å². The van der Waals surface area contributed by atoms with Crippen molar-refractivity contribution >= 4 is 5.69 Å². The van der Waals surface area contributed by atoms with Crippen molar-refractivity contribution in [1.82, 2.24) is 0 Å². The van der Waals surface area contributed by atoms with E-state index in [4.69, 9.17) is 5.73 Å². The Labute approximate surface area is 84.6 Å². The monoisotopic (exact) mass is 185 g/mol. The van der Waals surface area contributed by atoms with Gasteiger partial charge in [0, 0.05) is 5.69 Å². The number of anilines is 1. The summed E-state index contributed by atoms with van der Waals surface area (Å²) in [6.45, 7) is 3.96. The summed E-state index contributed by atoms with van der Waals surface area (Å²) in [6.07, 6.45) is 4.74. The van der Waals surface area contributed by atoms with Gasteiger partial charge in [0.05, 0.1) is 0 Å². The third-order valence-electron chi connectivity index (χ3n) is 3.93. The molecule has 0 radical (unpaired) electrons. The fraction of sp³-hybridized carbons (Fsp3) is 0.385. The Morgan fingerprint density at radius 2 is 2.07 bits per heavy atom. The number of hydrogen-bond donors (Lipinski definition) is 1. The average Bonchev–Trinajstić information content (AvgIpc) is 2.73. The van der Waals surface area contributed by atoms with Gasteiger partial charge in [0.25, 0.3) is 0 Å². The molecule has 3 unspecified atom stereocenters. The van der Waals surface area contributed by atoms with Crippen LogP contribution in [0.25, 0.3) is 0 Å². The number of allylic oxidation sites excluding steroid dienone is 1. The fourth-order valence-corrected chi connectivity index (χ4v) is 3.41. The van der Waals surface area contributed by atoms with Crippen LogP contribution in [0.2, 0.25) is 0 Å². The van der Waals surface area contributed by atoms with E-state index in [-0.39, 0.29) is 0 Å². The highest BCUT2D eigenvalue weighted by atomic mass is 14.6. The summed E-state index contributed by atoms with van der Waals surface area (Å²) in [5, 5.41) is 0. The summed E-state index contributed by atoms with van der Waals surface area (Å²) >= 11 is 0. The molecule has 72 valence electrons. The van der Waals surface area contributed by atoms with Gasteiger partial charge in [0.15, 0.2) is 0 Å². The molecule has 2 bridgehead atoms. The van der Waals surface area contributed by atoms with Gasteiger partial charge in [-0.3, -0.25) is 0 Å². The minimum absolute atomic E-state index is 0.648. The first kappa shape index (κ1) is 8.10. The summed E-state index contributed by atoms with van der Waals surface area (Å²) in [7, 11) is 0. The van der Waals surface area contributed by atoms with Crippen LogP contribution in [0.1, 0.15) is 35.8 Å². The van der Waals surface area contributed by atoms with Crippen molar-refractivity contribution in [3.8, 4) is 0 Å². The summed E-state index contributed by atoms with van der Waals surface area (Å²) in [5.41, 5.74) is 9.95. The number of hydrogen-bond acceptors (Lipinski definition) is 1. The lowest BCUT2D eigenvalue weighted by Crippen LogP contribution is -2.02. The van der Waals surface area contributed by atoms with E-state index in [1.54, 1.807) is 0 Å². The van der Waals surface area contributed by atoms with E-state index in [9.17, 15) is 0 Å². The van der Waals surface area contributed by atoms with Crippen molar-refractivity contribution in [2.75, 3.05) is 5.73 Å². The van der Waals surface area contributed by atoms with Gasteiger partial charge < -0.3 is 5.73 Å². The van der Waals surface area contributed by atoms with Crippen LogP contribution in [0, 0.1) is 5.92 Å². The van der Waals surface area contributed by atoms with Crippen molar-refractivity contribution in [1.29, 1.82) is 0 Å². The lowest BCUT2D eigenvalue weighted by molar-refractivity contribution is 0.596. The molecule has 3 rings (SSSR count). The fourth-order valence-electron chi connectivity index (χ4n) is 3.41. The van der Waals surface area contributed by atoms with E-state index in [0.717, 1.165) is 5.69 Å². The molecule has 1 saturated carbocycles. The standard InChI is InChI=1S/C13H15N/c1-2-8-9-6-7-11(8)13-10(9)4-3-5-12(13)14/h2-5,8-9,11H,1,6-7,14H2. The van der Waals surface area contributed by atoms with Crippen LogP contribution < -0.4 is 5.73 Å². The van der Waals surface area contributed by atoms with Crippen molar-refractivity contribution in [3.05, 3.63) is 42.0 Å². The van der Waals surface area contributed by atoms with Gasteiger partial charge in [-0.25, -0.2) is 0 Å². The predicted octanol–water partition coefficient (Wildman–Crippen LogP) is 3.05. The van der Waals surface area contributed by atoms with Crippen LogP contribution in [0.3, 0.4) is 0 Å². The minimum atomic E-state index is 0.648. The molecule has 14 heavy (non-hydrogen) atoms. The third-order valence-corrected chi connectivity index (χ3v) is 3.93. The Balaban J connectivity index is 2.21. The molecular weight excluding hydrogens is 170 g/mol. The van der Waals surface area contributed by atoms with Crippen LogP contribution in [0.5, 0.6) is 0 Å². The SMILES string of the molecule is C=CC1C2CCC1c1c(N)cccc12. The maximum Gasteiger partial charge on any atom is 0.0352 e. The second-order valence-corrected chi connectivity index (χ2v) is 4.45. The normalized spacial score (nSPS) is 33.0. The molecule has 0 heterocycles. The van der Waals surface area contributed by atoms with Gasteiger partial charge >= 0.3 is 0 Å². The summed E-state index contributed by atoms with van der Waals surface area (Å²) in [6, 6.07) is 6.35.